The molecule has 4 unspecified atom stereocenters. The van der Waals surface area contributed by atoms with Crippen LogP contribution in [0.5, 0.6) is 11.5 Å². The Morgan fingerprint density at radius 2 is 0.913 bits per heavy atom. The van der Waals surface area contributed by atoms with Gasteiger partial charge >= 0.3 is 23.9 Å². The number of esters is 4. The summed E-state index contributed by atoms with van der Waals surface area (Å²) in [5.41, 5.74) is -0.913. The zero-order valence-electron chi connectivity index (χ0n) is 25.4. The standard InChI is InChI=1S/C32H32Cl6O8/c1-13-9-14(2)17(13)5-7-43-29(39)23-25(37)19(33)11-21(35)27(23)45-31(41)32(42)46-28-22(36)12-20(34)26(38)24(28)30(40)44-8-6-18-15(3)10-16(18)4/h11-18H,5-10H2,1-4H3/t13-,14?,15?,16?,17?,18?/m1/s1. The van der Waals surface area contributed by atoms with Crippen molar-refractivity contribution in [3.05, 3.63) is 53.4 Å². The van der Waals surface area contributed by atoms with Crippen LogP contribution in [0.25, 0.3) is 0 Å². The Hall–Kier alpha value is -1.94. The molecule has 0 saturated heterocycles. The second kappa shape index (κ2) is 15.5. The first-order valence-electron chi connectivity index (χ1n) is 14.7. The molecule has 8 nitrogen and oxygen atoms in total. The van der Waals surface area contributed by atoms with Crippen molar-refractivity contribution in [3.63, 3.8) is 0 Å². The van der Waals surface area contributed by atoms with Gasteiger partial charge in [0.1, 0.15) is 11.1 Å². The molecule has 2 aliphatic carbocycles. The maximum Gasteiger partial charge on any atom is 0.423 e. The van der Waals surface area contributed by atoms with Crippen molar-refractivity contribution in [2.75, 3.05) is 13.2 Å². The molecule has 0 N–H and O–H groups in total. The summed E-state index contributed by atoms with van der Waals surface area (Å²) in [6.07, 6.45) is 3.43. The van der Waals surface area contributed by atoms with E-state index in [0.29, 0.717) is 48.3 Å². The van der Waals surface area contributed by atoms with Gasteiger partial charge in [-0.15, -0.1) is 0 Å². The number of carbonyl (C=O) groups is 4. The van der Waals surface area contributed by atoms with Gasteiger partial charge in [-0.3, -0.25) is 0 Å². The van der Waals surface area contributed by atoms with Crippen LogP contribution in [0.1, 0.15) is 74.1 Å². The highest BCUT2D eigenvalue weighted by molar-refractivity contribution is 6.47. The van der Waals surface area contributed by atoms with Crippen molar-refractivity contribution in [1.29, 1.82) is 0 Å². The minimum atomic E-state index is -1.64. The molecule has 0 heterocycles. The SMILES string of the molecule is CC1CC(C)C1CCOC(=O)c1c(Cl)c(Cl)cc(Cl)c1OC(=O)C(=O)Oc1c(Cl)cc(Cl)c(Cl)c1C(=O)OCCC1C(C)C[C@H]1C. The fourth-order valence-corrected chi connectivity index (χ4v) is 7.89. The number of halogens is 6. The van der Waals surface area contributed by atoms with E-state index in [-0.39, 0.29) is 43.3 Å². The minimum Gasteiger partial charge on any atom is -0.462 e. The molecular weight excluding hydrogens is 725 g/mol. The normalized spacial score (nSPS) is 23.5. The van der Waals surface area contributed by atoms with E-state index >= 15 is 0 Å². The molecule has 5 atom stereocenters. The average Bonchev–Trinajstić information content (AvgIpc) is 2.98. The van der Waals surface area contributed by atoms with E-state index in [1.165, 1.54) is 0 Å². The summed E-state index contributed by atoms with van der Waals surface area (Å²) in [7, 11) is 0. The predicted octanol–water partition coefficient (Wildman–Crippen LogP) is 9.80. The Kier molecular flexibility index (Phi) is 12.4. The summed E-state index contributed by atoms with van der Waals surface area (Å²) in [4.78, 5) is 52.1. The van der Waals surface area contributed by atoms with Crippen LogP contribution in [0.15, 0.2) is 12.1 Å². The van der Waals surface area contributed by atoms with E-state index < -0.39 is 46.5 Å². The van der Waals surface area contributed by atoms with Crippen LogP contribution >= 0.6 is 69.6 Å². The van der Waals surface area contributed by atoms with Gasteiger partial charge < -0.3 is 18.9 Å². The third kappa shape index (κ3) is 8.01. The lowest BCUT2D eigenvalue weighted by Gasteiger charge is -2.41. The van der Waals surface area contributed by atoms with E-state index in [0.717, 1.165) is 25.0 Å². The highest BCUT2D eigenvalue weighted by Gasteiger charge is 2.36. The van der Waals surface area contributed by atoms with E-state index in [4.69, 9.17) is 88.6 Å². The second-order valence-electron chi connectivity index (χ2n) is 12.1. The third-order valence-electron chi connectivity index (χ3n) is 9.00. The van der Waals surface area contributed by atoms with E-state index in [9.17, 15) is 19.2 Å². The van der Waals surface area contributed by atoms with Crippen LogP contribution in [0, 0.1) is 35.5 Å². The monoisotopic (exact) mass is 754 g/mol. The topological polar surface area (TPSA) is 105 Å². The molecule has 14 heteroatoms. The minimum absolute atomic E-state index is 0.0709. The average molecular weight is 757 g/mol. The number of benzene rings is 2. The molecule has 46 heavy (non-hydrogen) atoms. The van der Waals surface area contributed by atoms with Crippen molar-refractivity contribution in [1.82, 2.24) is 0 Å². The maximum atomic E-state index is 13.1. The lowest BCUT2D eigenvalue weighted by Crippen LogP contribution is -2.33. The molecule has 0 bridgehead atoms. The zero-order chi connectivity index (χ0) is 34.0. The van der Waals surface area contributed by atoms with Gasteiger partial charge in [0.25, 0.3) is 0 Å². The van der Waals surface area contributed by atoms with Gasteiger partial charge in [0.05, 0.1) is 43.3 Å². The van der Waals surface area contributed by atoms with Gasteiger partial charge in [0.15, 0.2) is 11.5 Å². The van der Waals surface area contributed by atoms with Gasteiger partial charge in [-0.25, -0.2) is 19.2 Å². The van der Waals surface area contributed by atoms with Gasteiger partial charge in [0.2, 0.25) is 0 Å². The van der Waals surface area contributed by atoms with Crippen LogP contribution in [0.4, 0.5) is 0 Å². The van der Waals surface area contributed by atoms with Crippen LogP contribution in [0.3, 0.4) is 0 Å². The Morgan fingerprint density at radius 3 is 1.22 bits per heavy atom. The Balaban J connectivity index is 1.50. The van der Waals surface area contributed by atoms with Crippen LogP contribution in [0.2, 0.25) is 30.1 Å². The van der Waals surface area contributed by atoms with Gasteiger partial charge in [0, 0.05) is 0 Å². The molecule has 2 saturated carbocycles. The van der Waals surface area contributed by atoms with Crippen molar-refractivity contribution >= 4 is 93.5 Å². The summed E-state index contributed by atoms with van der Waals surface area (Å²) in [5.74, 6) is -3.55. The summed E-state index contributed by atoms with van der Waals surface area (Å²) in [5, 5.41) is -1.46. The van der Waals surface area contributed by atoms with Gasteiger partial charge in [-0.2, -0.15) is 0 Å². The molecule has 250 valence electrons. The summed E-state index contributed by atoms with van der Waals surface area (Å²) < 4.78 is 21.2. The summed E-state index contributed by atoms with van der Waals surface area (Å²) in [6.45, 7) is 8.66. The molecule has 2 fully saturated rings. The fraction of sp³-hybridized carbons (Fsp3) is 0.500. The molecule has 4 rings (SSSR count). The van der Waals surface area contributed by atoms with E-state index in [1.807, 2.05) is 0 Å². The molecule has 0 aromatic heterocycles. The third-order valence-corrected chi connectivity index (χ3v) is 11.1. The first-order valence-corrected chi connectivity index (χ1v) is 17.0. The number of ether oxygens (including phenoxy) is 4. The van der Waals surface area contributed by atoms with E-state index in [1.54, 1.807) is 0 Å². The molecule has 2 aromatic rings. The van der Waals surface area contributed by atoms with Gasteiger partial charge in [-0.1, -0.05) is 97.3 Å². The molecule has 2 aromatic carbocycles. The number of hydrogen-bond donors (Lipinski definition) is 0. The molecule has 2 aliphatic rings. The summed E-state index contributed by atoms with van der Waals surface area (Å²) in [6, 6.07) is 2.26. The second-order valence-corrected chi connectivity index (χ2v) is 14.4. The van der Waals surface area contributed by atoms with Crippen LogP contribution in [-0.2, 0) is 19.1 Å². The number of rotatable bonds is 10. The zero-order valence-corrected chi connectivity index (χ0v) is 29.9. The van der Waals surface area contributed by atoms with Crippen molar-refractivity contribution in [2.24, 2.45) is 35.5 Å². The highest BCUT2D eigenvalue weighted by atomic mass is 35.5. The predicted molar refractivity (Wildman–Crippen MR) is 177 cm³/mol. The Morgan fingerprint density at radius 1 is 0.587 bits per heavy atom. The lowest BCUT2D eigenvalue weighted by atomic mass is 9.65. The quantitative estimate of drug-likeness (QED) is 0.102. The van der Waals surface area contributed by atoms with Crippen molar-refractivity contribution in [3.8, 4) is 11.5 Å². The first-order chi connectivity index (χ1) is 21.6. The number of hydrogen-bond acceptors (Lipinski definition) is 8. The first kappa shape index (κ1) is 36.9. The largest absolute Gasteiger partial charge is 0.462 e. The maximum absolute atomic E-state index is 13.1. The molecule has 0 radical (unpaired) electrons. The van der Waals surface area contributed by atoms with E-state index in [2.05, 4.69) is 27.7 Å². The molecular formula is C32H32Cl6O8. The Bertz CT molecular complexity index is 1420. The highest BCUT2D eigenvalue weighted by Crippen LogP contribution is 2.44. The molecule has 0 spiro atoms. The van der Waals surface area contributed by atoms with Crippen molar-refractivity contribution < 1.29 is 38.1 Å². The molecule has 0 aliphatic heterocycles. The fourth-order valence-electron chi connectivity index (χ4n) is 6.45. The van der Waals surface area contributed by atoms with Gasteiger partial charge in [-0.05, 0) is 73.3 Å². The smallest absolute Gasteiger partial charge is 0.423 e. The number of carbonyl (C=O) groups excluding carboxylic acids is 4. The summed E-state index contributed by atoms with van der Waals surface area (Å²) >= 11 is 37.3. The Labute approximate surface area is 297 Å². The van der Waals surface area contributed by atoms with Crippen molar-refractivity contribution in [2.45, 2.75) is 53.4 Å². The van der Waals surface area contributed by atoms with Crippen LogP contribution < -0.4 is 9.47 Å². The molecule has 0 amide bonds. The lowest BCUT2D eigenvalue weighted by molar-refractivity contribution is -0.156. The van der Waals surface area contributed by atoms with Crippen LogP contribution in [-0.4, -0.2) is 37.1 Å².